The molecule has 1 unspecified atom stereocenters. The van der Waals surface area contributed by atoms with Crippen molar-refractivity contribution in [1.82, 2.24) is 0 Å². The van der Waals surface area contributed by atoms with Gasteiger partial charge in [0.05, 0.1) is 0 Å². The van der Waals surface area contributed by atoms with Crippen LogP contribution in [0.25, 0.3) is 0 Å². The molecule has 4 aromatic rings. The van der Waals surface area contributed by atoms with Gasteiger partial charge in [-0.1, -0.05) is 48.2 Å². The van der Waals surface area contributed by atoms with Crippen molar-refractivity contribution in [3.63, 3.8) is 0 Å². The van der Waals surface area contributed by atoms with E-state index in [1.807, 2.05) is 30.3 Å². The van der Waals surface area contributed by atoms with E-state index >= 15 is 0 Å². The normalized spacial score (nSPS) is 12.0. The van der Waals surface area contributed by atoms with Crippen molar-refractivity contribution in [2.75, 3.05) is 0 Å². The minimum atomic E-state index is -2.16. The van der Waals surface area contributed by atoms with Gasteiger partial charge in [0, 0.05) is 9.79 Å². The lowest BCUT2D eigenvalue weighted by Gasteiger charge is -2.11. The average Bonchev–Trinajstić information content (AvgIpc) is 2.81. The molecule has 0 amide bonds. The standard InChI is InChI=1S/C24H14F5S2/c25-19-20(26)22(28)24(23(29)21(19)27)31(17-9-5-2-6-10-17)18-13-11-16(12-14-18)30-15-7-3-1-4-8-15/h1-14H/q+1. The maximum atomic E-state index is 14.7. The molecule has 0 aliphatic heterocycles. The molecule has 0 radical (unpaired) electrons. The Balaban J connectivity index is 1.81. The van der Waals surface area contributed by atoms with E-state index in [0.717, 1.165) is 9.79 Å². The van der Waals surface area contributed by atoms with Gasteiger partial charge in [0.15, 0.2) is 9.79 Å². The largest absolute Gasteiger partial charge is 0.243 e. The van der Waals surface area contributed by atoms with Crippen LogP contribution in [0.15, 0.2) is 109 Å². The summed E-state index contributed by atoms with van der Waals surface area (Å²) in [6.07, 6.45) is 0. The second kappa shape index (κ2) is 9.16. The van der Waals surface area contributed by atoms with Crippen molar-refractivity contribution in [2.45, 2.75) is 24.5 Å². The zero-order valence-corrected chi connectivity index (χ0v) is 17.4. The Bertz CT molecular complexity index is 1170. The zero-order chi connectivity index (χ0) is 22.0. The van der Waals surface area contributed by atoms with Gasteiger partial charge in [0.1, 0.15) is 10.9 Å². The minimum Gasteiger partial charge on any atom is -0.200 e. The number of hydrogen-bond acceptors (Lipinski definition) is 1. The Morgan fingerprint density at radius 2 is 0.871 bits per heavy atom. The Hall–Kier alpha value is -2.77. The lowest BCUT2D eigenvalue weighted by Crippen LogP contribution is -2.14. The maximum absolute atomic E-state index is 14.7. The molecule has 0 N–H and O–H groups in total. The molecule has 1 atom stereocenters. The van der Waals surface area contributed by atoms with Crippen molar-refractivity contribution < 1.29 is 22.0 Å². The molecule has 0 heterocycles. The summed E-state index contributed by atoms with van der Waals surface area (Å²) in [5.41, 5.74) is 0. The van der Waals surface area contributed by atoms with E-state index in [2.05, 4.69) is 0 Å². The molecule has 0 fully saturated rings. The first-order chi connectivity index (χ1) is 15.0. The fraction of sp³-hybridized carbons (Fsp3) is 0. The molecule has 0 aliphatic carbocycles. The van der Waals surface area contributed by atoms with Gasteiger partial charge in [-0.25, -0.2) is 13.2 Å². The number of halogens is 5. The summed E-state index contributed by atoms with van der Waals surface area (Å²) in [6.45, 7) is 0. The van der Waals surface area contributed by atoms with Gasteiger partial charge in [0.25, 0.3) is 0 Å². The monoisotopic (exact) mass is 461 g/mol. The van der Waals surface area contributed by atoms with Gasteiger partial charge in [0.2, 0.25) is 34.0 Å². The first-order valence-electron chi connectivity index (χ1n) is 9.11. The molecule has 0 saturated heterocycles. The van der Waals surface area contributed by atoms with Crippen LogP contribution in [-0.2, 0) is 10.9 Å². The van der Waals surface area contributed by atoms with Crippen LogP contribution in [0, 0.1) is 29.1 Å². The molecule has 0 aliphatic rings. The van der Waals surface area contributed by atoms with E-state index in [1.54, 1.807) is 54.6 Å². The highest BCUT2D eigenvalue weighted by atomic mass is 32.2. The summed E-state index contributed by atoms with van der Waals surface area (Å²) < 4.78 is 70.8. The molecule has 4 rings (SSSR count). The van der Waals surface area contributed by atoms with Crippen LogP contribution in [0.1, 0.15) is 0 Å². The van der Waals surface area contributed by atoms with Crippen molar-refractivity contribution in [2.24, 2.45) is 0 Å². The highest BCUT2D eigenvalue weighted by Gasteiger charge is 2.40. The Morgan fingerprint density at radius 1 is 0.452 bits per heavy atom. The van der Waals surface area contributed by atoms with Crippen molar-refractivity contribution in [1.29, 1.82) is 0 Å². The quantitative estimate of drug-likeness (QED) is 0.127. The van der Waals surface area contributed by atoms with E-state index in [4.69, 9.17) is 0 Å². The van der Waals surface area contributed by atoms with Crippen LogP contribution in [0.3, 0.4) is 0 Å². The summed E-state index contributed by atoms with van der Waals surface area (Å²) >= 11 is 1.50. The summed E-state index contributed by atoms with van der Waals surface area (Å²) in [7, 11) is -1.53. The summed E-state index contributed by atoms with van der Waals surface area (Å²) in [5, 5.41) is 0. The highest BCUT2D eigenvalue weighted by molar-refractivity contribution is 7.99. The molecule has 0 aromatic heterocycles. The van der Waals surface area contributed by atoms with Gasteiger partial charge in [-0.2, -0.15) is 8.78 Å². The molecule has 4 aromatic carbocycles. The third-order valence-electron chi connectivity index (χ3n) is 4.39. The smallest absolute Gasteiger partial charge is 0.200 e. The van der Waals surface area contributed by atoms with Crippen LogP contribution < -0.4 is 0 Å². The van der Waals surface area contributed by atoms with Gasteiger partial charge in [-0.3, -0.25) is 0 Å². The first-order valence-corrected chi connectivity index (χ1v) is 11.1. The number of benzene rings is 4. The summed E-state index contributed by atoms with van der Waals surface area (Å²) in [6, 6.07) is 24.7. The van der Waals surface area contributed by atoms with E-state index < -0.39 is 44.9 Å². The van der Waals surface area contributed by atoms with E-state index in [0.29, 0.717) is 9.79 Å². The van der Waals surface area contributed by atoms with E-state index in [-0.39, 0.29) is 0 Å². The van der Waals surface area contributed by atoms with Crippen LogP contribution in [0.5, 0.6) is 0 Å². The molecule has 156 valence electrons. The van der Waals surface area contributed by atoms with Gasteiger partial charge >= 0.3 is 0 Å². The van der Waals surface area contributed by atoms with Crippen molar-refractivity contribution in [3.05, 3.63) is 114 Å². The SMILES string of the molecule is Fc1c(F)c(F)c([S+](c2ccccc2)c2ccc(Sc3ccccc3)cc2)c(F)c1F. The van der Waals surface area contributed by atoms with Gasteiger partial charge in [-0.15, -0.1) is 0 Å². The molecule has 7 heteroatoms. The molecule has 0 bridgehead atoms. The molecular formula is C24H14F5S2+. The lowest BCUT2D eigenvalue weighted by atomic mass is 10.3. The minimum absolute atomic E-state index is 0.437. The molecule has 31 heavy (non-hydrogen) atoms. The van der Waals surface area contributed by atoms with E-state index in [9.17, 15) is 22.0 Å². The summed E-state index contributed by atoms with van der Waals surface area (Å²) in [4.78, 5) is 1.92. The second-order valence-corrected chi connectivity index (χ2v) is 9.52. The highest BCUT2D eigenvalue weighted by Crippen LogP contribution is 2.38. The summed E-state index contributed by atoms with van der Waals surface area (Å²) in [5.74, 6) is -9.68. The van der Waals surface area contributed by atoms with Crippen LogP contribution in [0.4, 0.5) is 22.0 Å². The number of hydrogen-bond donors (Lipinski definition) is 0. The van der Waals surface area contributed by atoms with Crippen LogP contribution >= 0.6 is 11.8 Å². The average molecular weight is 462 g/mol. The van der Waals surface area contributed by atoms with Crippen molar-refractivity contribution in [3.8, 4) is 0 Å². The molecule has 0 nitrogen and oxygen atoms in total. The second-order valence-electron chi connectivity index (χ2n) is 6.40. The van der Waals surface area contributed by atoms with Gasteiger partial charge < -0.3 is 0 Å². The molecule has 0 spiro atoms. The first kappa shape index (κ1) is 21.5. The number of rotatable bonds is 5. The topological polar surface area (TPSA) is 0 Å². The zero-order valence-electron chi connectivity index (χ0n) is 15.8. The fourth-order valence-corrected chi connectivity index (χ4v) is 5.92. The fourth-order valence-electron chi connectivity index (χ4n) is 2.96. The lowest BCUT2D eigenvalue weighted by molar-refractivity contribution is 0.360. The molecule has 0 saturated carbocycles. The Labute approximate surface area is 183 Å². The third-order valence-corrected chi connectivity index (χ3v) is 7.66. The van der Waals surface area contributed by atoms with Crippen LogP contribution in [-0.4, -0.2) is 0 Å². The van der Waals surface area contributed by atoms with Crippen molar-refractivity contribution >= 4 is 22.7 Å². The Kier molecular flexibility index (Phi) is 6.34. The predicted octanol–water partition coefficient (Wildman–Crippen LogP) is 7.63. The Morgan fingerprint density at radius 3 is 1.42 bits per heavy atom. The predicted molar refractivity (Wildman–Crippen MR) is 112 cm³/mol. The molecular weight excluding hydrogens is 447 g/mol. The maximum Gasteiger partial charge on any atom is 0.243 e. The third kappa shape index (κ3) is 4.34. The van der Waals surface area contributed by atoms with Crippen LogP contribution in [0.2, 0.25) is 0 Å². The van der Waals surface area contributed by atoms with Gasteiger partial charge in [-0.05, 0) is 48.5 Å². The van der Waals surface area contributed by atoms with E-state index in [1.165, 1.54) is 11.8 Å².